The summed E-state index contributed by atoms with van der Waals surface area (Å²) < 4.78 is 10.3. The summed E-state index contributed by atoms with van der Waals surface area (Å²) in [5, 5.41) is 5.14. The van der Waals surface area contributed by atoms with Gasteiger partial charge in [-0.25, -0.2) is 9.78 Å². The Morgan fingerprint density at radius 1 is 1.38 bits per heavy atom. The van der Waals surface area contributed by atoms with E-state index in [2.05, 4.69) is 10.3 Å². The Bertz CT molecular complexity index is 751. The zero-order valence-corrected chi connectivity index (χ0v) is 15.2. The number of rotatable bonds is 6. The van der Waals surface area contributed by atoms with E-state index in [0.29, 0.717) is 15.8 Å². The minimum atomic E-state index is -0.821. The van der Waals surface area contributed by atoms with Gasteiger partial charge in [0.05, 0.1) is 11.6 Å². The standard InChI is InChI=1S/C15H14Cl2N2O4S/c1-3-22-14(21)11-7-24-15(18-11)19-13(20)8(2)23-12-5-4-9(16)6-10(12)17/h4-8H,3H2,1-2H3,(H,18,19,20)/t8-/m0/s1. The Labute approximate surface area is 152 Å². The van der Waals surface area contributed by atoms with Crippen LogP contribution in [0.2, 0.25) is 10.0 Å². The predicted octanol–water partition coefficient (Wildman–Crippen LogP) is 4.03. The number of aromatic nitrogens is 1. The van der Waals surface area contributed by atoms with Crippen molar-refractivity contribution in [1.29, 1.82) is 0 Å². The minimum absolute atomic E-state index is 0.145. The molecule has 0 unspecified atom stereocenters. The van der Waals surface area contributed by atoms with Crippen LogP contribution in [0.5, 0.6) is 5.75 Å². The zero-order chi connectivity index (χ0) is 17.7. The van der Waals surface area contributed by atoms with Crippen LogP contribution >= 0.6 is 34.5 Å². The molecule has 0 saturated carbocycles. The second-order valence-corrected chi connectivity index (χ2v) is 6.28. The number of thiazole rings is 1. The molecule has 6 nitrogen and oxygen atoms in total. The maximum Gasteiger partial charge on any atom is 0.357 e. The molecule has 24 heavy (non-hydrogen) atoms. The van der Waals surface area contributed by atoms with Crippen molar-refractivity contribution in [2.24, 2.45) is 0 Å². The SMILES string of the molecule is CCOC(=O)c1csc(NC(=O)[C@H](C)Oc2ccc(Cl)cc2Cl)n1. The van der Waals surface area contributed by atoms with Crippen molar-refractivity contribution >= 4 is 51.5 Å². The molecule has 0 fully saturated rings. The highest BCUT2D eigenvalue weighted by molar-refractivity contribution is 7.14. The number of halogens is 2. The van der Waals surface area contributed by atoms with Gasteiger partial charge < -0.3 is 9.47 Å². The van der Waals surface area contributed by atoms with Crippen LogP contribution < -0.4 is 10.1 Å². The van der Waals surface area contributed by atoms with Gasteiger partial charge in [-0.1, -0.05) is 23.2 Å². The van der Waals surface area contributed by atoms with Crippen molar-refractivity contribution in [3.63, 3.8) is 0 Å². The molecule has 1 aromatic heterocycles. The average molecular weight is 389 g/mol. The maximum atomic E-state index is 12.1. The lowest BCUT2D eigenvalue weighted by Crippen LogP contribution is -2.30. The first-order valence-corrected chi connectivity index (χ1v) is 8.59. The van der Waals surface area contributed by atoms with E-state index in [0.717, 1.165) is 11.3 Å². The highest BCUT2D eigenvalue weighted by Gasteiger charge is 2.19. The summed E-state index contributed by atoms with van der Waals surface area (Å²) in [6, 6.07) is 4.71. The molecule has 0 aliphatic heterocycles. The number of carbonyl (C=O) groups excluding carboxylic acids is 2. The monoisotopic (exact) mass is 388 g/mol. The van der Waals surface area contributed by atoms with E-state index in [1.54, 1.807) is 26.0 Å². The van der Waals surface area contributed by atoms with Crippen LogP contribution in [-0.4, -0.2) is 29.6 Å². The molecule has 0 aliphatic carbocycles. The van der Waals surface area contributed by atoms with Crippen LogP contribution in [0.25, 0.3) is 0 Å². The van der Waals surface area contributed by atoms with Gasteiger partial charge >= 0.3 is 5.97 Å². The third-order valence-electron chi connectivity index (χ3n) is 2.79. The Morgan fingerprint density at radius 3 is 2.79 bits per heavy atom. The molecule has 1 N–H and O–H groups in total. The van der Waals surface area contributed by atoms with E-state index in [4.69, 9.17) is 32.7 Å². The summed E-state index contributed by atoms with van der Waals surface area (Å²) in [5.74, 6) is -0.618. The summed E-state index contributed by atoms with van der Waals surface area (Å²) in [7, 11) is 0. The summed E-state index contributed by atoms with van der Waals surface area (Å²) in [6.07, 6.45) is -0.821. The van der Waals surface area contributed by atoms with E-state index in [-0.39, 0.29) is 17.4 Å². The molecule has 0 saturated heterocycles. The maximum absolute atomic E-state index is 12.1. The summed E-state index contributed by atoms with van der Waals surface area (Å²) in [4.78, 5) is 27.7. The molecule has 0 bridgehead atoms. The van der Waals surface area contributed by atoms with Crippen molar-refractivity contribution in [3.05, 3.63) is 39.3 Å². The second-order valence-electron chi connectivity index (χ2n) is 4.58. The summed E-state index contributed by atoms with van der Waals surface area (Å²) in [5.41, 5.74) is 0.145. The van der Waals surface area contributed by atoms with Gasteiger partial charge in [-0.2, -0.15) is 0 Å². The highest BCUT2D eigenvalue weighted by Crippen LogP contribution is 2.28. The molecule has 2 rings (SSSR count). The number of amides is 1. The van der Waals surface area contributed by atoms with Crippen molar-refractivity contribution in [3.8, 4) is 5.75 Å². The van der Waals surface area contributed by atoms with Gasteiger partial charge in [-0.15, -0.1) is 11.3 Å². The second kappa shape index (κ2) is 8.32. The van der Waals surface area contributed by atoms with Gasteiger partial charge in [-0.3, -0.25) is 10.1 Å². The first-order chi connectivity index (χ1) is 11.4. The van der Waals surface area contributed by atoms with Gasteiger partial charge in [0.25, 0.3) is 5.91 Å². The fourth-order valence-corrected chi connectivity index (χ4v) is 2.79. The van der Waals surface area contributed by atoms with E-state index in [9.17, 15) is 9.59 Å². The highest BCUT2D eigenvalue weighted by atomic mass is 35.5. The fourth-order valence-electron chi connectivity index (χ4n) is 1.65. The molecule has 2 aromatic rings. The molecule has 1 atom stereocenters. The smallest absolute Gasteiger partial charge is 0.357 e. The molecule has 128 valence electrons. The number of hydrogen-bond acceptors (Lipinski definition) is 6. The van der Waals surface area contributed by atoms with Gasteiger partial charge in [0.1, 0.15) is 5.75 Å². The summed E-state index contributed by atoms with van der Waals surface area (Å²) >= 11 is 12.9. The first kappa shape index (κ1) is 18.5. The number of hydrogen-bond donors (Lipinski definition) is 1. The lowest BCUT2D eigenvalue weighted by molar-refractivity contribution is -0.122. The normalized spacial score (nSPS) is 11.7. The van der Waals surface area contributed by atoms with Crippen molar-refractivity contribution in [2.75, 3.05) is 11.9 Å². The Balaban J connectivity index is 1.97. The van der Waals surface area contributed by atoms with E-state index in [1.165, 1.54) is 11.4 Å². The topological polar surface area (TPSA) is 77.5 Å². The van der Waals surface area contributed by atoms with Gasteiger partial charge in [-0.05, 0) is 32.0 Å². The molecule has 0 spiro atoms. The number of nitrogens with one attached hydrogen (secondary N) is 1. The van der Waals surface area contributed by atoms with Gasteiger partial charge in [0.15, 0.2) is 16.9 Å². The molecule has 1 amide bonds. The van der Waals surface area contributed by atoms with Gasteiger partial charge in [0, 0.05) is 10.4 Å². The fraction of sp³-hybridized carbons (Fsp3) is 0.267. The van der Waals surface area contributed by atoms with E-state index >= 15 is 0 Å². The number of carbonyl (C=O) groups is 2. The molecule has 1 aromatic carbocycles. The van der Waals surface area contributed by atoms with E-state index in [1.807, 2.05) is 0 Å². The van der Waals surface area contributed by atoms with E-state index < -0.39 is 18.0 Å². The Hall–Kier alpha value is -1.83. The van der Waals surface area contributed by atoms with Gasteiger partial charge in [0.2, 0.25) is 0 Å². The van der Waals surface area contributed by atoms with Crippen LogP contribution in [0, 0.1) is 0 Å². The third-order valence-corrected chi connectivity index (χ3v) is 4.07. The average Bonchev–Trinajstić information content (AvgIpc) is 2.98. The quantitative estimate of drug-likeness (QED) is 0.755. The number of ether oxygens (including phenoxy) is 2. The molecule has 9 heteroatoms. The Morgan fingerprint density at radius 2 is 2.12 bits per heavy atom. The third kappa shape index (κ3) is 4.83. The number of nitrogens with zero attached hydrogens (tertiary/aromatic N) is 1. The van der Waals surface area contributed by atoms with Crippen LogP contribution in [0.4, 0.5) is 5.13 Å². The molecular formula is C15H14Cl2N2O4S. The Kier molecular flexibility index (Phi) is 6.42. The largest absolute Gasteiger partial charge is 0.479 e. The first-order valence-electron chi connectivity index (χ1n) is 6.96. The van der Waals surface area contributed by atoms with Crippen LogP contribution in [0.1, 0.15) is 24.3 Å². The molecular weight excluding hydrogens is 375 g/mol. The lowest BCUT2D eigenvalue weighted by Gasteiger charge is -2.14. The molecule has 0 aliphatic rings. The summed E-state index contributed by atoms with van der Waals surface area (Å²) in [6.45, 7) is 3.53. The van der Waals surface area contributed by atoms with Crippen molar-refractivity contribution in [1.82, 2.24) is 4.98 Å². The number of esters is 1. The zero-order valence-electron chi connectivity index (χ0n) is 12.8. The minimum Gasteiger partial charge on any atom is -0.479 e. The number of benzene rings is 1. The lowest BCUT2D eigenvalue weighted by atomic mass is 10.3. The van der Waals surface area contributed by atoms with Crippen LogP contribution in [0.3, 0.4) is 0 Å². The molecule has 0 radical (unpaired) electrons. The number of anilines is 1. The van der Waals surface area contributed by atoms with Crippen LogP contribution in [-0.2, 0) is 9.53 Å². The predicted molar refractivity (Wildman–Crippen MR) is 93.3 cm³/mol. The van der Waals surface area contributed by atoms with Crippen molar-refractivity contribution in [2.45, 2.75) is 20.0 Å². The van der Waals surface area contributed by atoms with Crippen LogP contribution in [0.15, 0.2) is 23.6 Å². The van der Waals surface area contributed by atoms with Crippen molar-refractivity contribution < 1.29 is 19.1 Å². The molecule has 1 heterocycles.